The molecule has 1 fully saturated rings. The van der Waals surface area contributed by atoms with Crippen LogP contribution in [0.15, 0.2) is 30.3 Å². The van der Waals surface area contributed by atoms with Gasteiger partial charge >= 0.3 is 6.03 Å². The molecule has 1 heterocycles. The number of benzene rings is 1. The monoisotopic (exact) mass is 276 g/mol. The van der Waals surface area contributed by atoms with Gasteiger partial charge in [-0.05, 0) is 26.3 Å². The van der Waals surface area contributed by atoms with E-state index in [2.05, 4.69) is 12.1 Å². The molecule has 2 amide bonds. The van der Waals surface area contributed by atoms with E-state index in [-0.39, 0.29) is 18.2 Å². The topological polar surface area (TPSA) is 32.8 Å². The van der Waals surface area contributed by atoms with Crippen LogP contribution in [0.25, 0.3) is 0 Å². The second-order valence-electron chi connectivity index (χ2n) is 5.21. The number of ether oxygens (including phenoxy) is 1. The molecule has 20 heavy (non-hydrogen) atoms. The molecule has 0 spiro atoms. The summed E-state index contributed by atoms with van der Waals surface area (Å²) in [6.07, 6.45) is 0.0351. The van der Waals surface area contributed by atoms with E-state index in [1.165, 1.54) is 0 Å². The number of urea groups is 1. The van der Waals surface area contributed by atoms with Gasteiger partial charge in [0.1, 0.15) is 6.10 Å². The highest BCUT2D eigenvalue weighted by Gasteiger charge is 2.30. The number of carbonyl (C=O) groups is 1. The zero-order valence-corrected chi connectivity index (χ0v) is 12.6. The van der Waals surface area contributed by atoms with Crippen LogP contribution in [-0.2, 0) is 4.74 Å². The Kier molecular flexibility index (Phi) is 5.01. The molecule has 2 atom stereocenters. The molecule has 1 aliphatic heterocycles. The fraction of sp³-hybridized carbons (Fsp3) is 0.562. The minimum atomic E-state index is -0.0283. The van der Waals surface area contributed by atoms with Crippen molar-refractivity contribution >= 4 is 6.03 Å². The maximum absolute atomic E-state index is 12.5. The largest absolute Gasteiger partial charge is 0.367 e. The molecule has 1 aliphatic rings. The summed E-state index contributed by atoms with van der Waals surface area (Å²) in [7, 11) is 0. The first kappa shape index (κ1) is 14.9. The number of hydrogen-bond donors (Lipinski definition) is 0. The van der Waals surface area contributed by atoms with E-state index in [9.17, 15) is 4.79 Å². The van der Waals surface area contributed by atoms with Crippen LogP contribution in [-0.4, -0.2) is 48.1 Å². The third kappa shape index (κ3) is 3.31. The summed E-state index contributed by atoms with van der Waals surface area (Å²) in [4.78, 5) is 16.3. The van der Waals surface area contributed by atoms with Gasteiger partial charge in [0.05, 0.1) is 12.6 Å². The van der Waals surface area contributed by atoms with E-state index in [4.69, 9.17) is 4.74 Å². The van der Waals surface area contributed by atoms with Gasteiger partial charge in [-0.2, -0.15) is 0 Å². The molecule has 4 heteroatoms. The molecule has 1 aromatic rings. The lowest BCUT2D eigenvalue weighted by Crippen LogP contribution is -2.51. The Morgan fingerprint density at radius 3 is 2.50 bits per heavy atom. The summed E-state index contributed by atoms with van der Waals surface area (Å²) in [5.74, 6) is 0. The van der Waals surface area contributed by atoms with Crippen LogP contribution in [0.4, 0.5) is 4.79 Å². The van der Waals surface area contributed by atoms with Crippen molar-refractivity contribution in [2.24, 2.45) is 0 Å². The van der Waals surface area contributed by atoms with E-state index in [0.29, 0.717) is 13.1 Å². The van der Waals surface area contributed by atoms with Crippen molar-refractivity contribution in [2.45, 2.75) is 33.0 Å². The van der Waals surface area contributed by atoms with Gasteiger partial charge in [-0.1, -0.05) is 30.3 Å². The molecule has 4 nitrogen and oxygen atoms in total. The summed E-state index contributed by atoms with van der Waals surface area (Å²) in [5, 5.41) is 0. The van der Waals surface area contributed by atoms with Crippen molar-refractivity contribution in [1.29, 1.82) is 0 Å². The maximum Gasteiger partial charge on any atom is 0.320 e. The lowest BCUT2D eigenvalue weighted by atomic mass is 10.1. The van der Waals surface area contributed by atoms with Gasteiger partial charge in [0, 0.05) is 19.6 Å². The second kappa shape index (κ2) is 6.75. The van der Waals surface area contributed by atoms with Crippen molar-refractivity contribution in [3.05, 3.63) is 35.9 Å². The maximum atomic E-state index is 12.5. The highest BCUT2D eigenvalue weighted by Crippen LogP contribution is 2.25. The molecule has 1 saturated heterocycles. The number of rotatable bonds is 3. The van der Waals surface area contributed by atoms with Crippen LogP contribution in [0.5, 0.6) is 0 Å². The van der Waals surface area contributed by atoms with Crippen molar-refractivity contribution in [1.82, 2.24) is 9.80 Å². The van der Waals surface area contributed by atoms with Gasteiger partial charge in [0.25, 0.3) is 0 Å². The summed E-state index contributed by atoms with van der Waals surface area (Å²) >= 11 is 0. The molecular formula is C16H24N2O2. The predicted molar refractivity (Wildman–Crippen MR) is 79.6 cm³/mol. The van der Waals surface area contributed by atoms with Crippen molar-refractivity contribution in [3.8, 4) is 0 Å². The van der Waals surface area contributed by atoms with E-state index in [1.807, 2.05) is 48.8 Å². The lowest BCUT2D eigenvalue weighted by molar-refractivity contribution is -0.0688. The summed E-state index contributed by atoms with van der Waals surface area (Å²) in [6.45, 7) is 8.84. The normalized spacial score (nSPS) is 22.6. The Bertz CT molecular complexity index is 431. The number of hydrogen-bond acceptors (Lipinski definition) is 2. The van der Waals surface area contributed by atoms with E-state index >= 15 is 0 Å². The summed E-state index contributed by atoms with van der Waals surface area (Å²) < 4.78 is 5.99. The molecule has 0 aliphatic carbocycles. The third-order valence-corrected chi connectivity index (χ3v) is 3.74. The van der Waals surface area contributed by atoms with Gasteiger partial charge in [-0.25, -0.2) is 4.79 Å². The highest BCUT2D eigenvalue weighted by molar-refractivity contribution is 5.74. The number of amides is 2. The van der Waals surface area contributed by atoms with Gasteiger partial charge in [0.15, 0.2) is 0 Å². The van der Waals surface area contributed by atoms with Gasteiger partial charge in [-0.15, -0.1) is 0 Å². The zero-order valence-electron chi connectivity index (χ0n) is 12.6. The van der Waals surface area contributed by atoms with Crippen LogP contribution >= 0.6 is 0 Å². The number of morpholine rings is 1. The van der Waals surface area contributed by atoms with Crippen LogP contribution in [0.1, 0.15) is 32.4 Å². The summed E-state index contributed by atoms with van der Waals surface area (Å²) in [5.41, 5.74) is 1.14. The average molecular weight is 276 g/mol. The molecular weight excluding hydrogens is 252 g/mol. The van der Waals surface area contributed by atoms with Gasteiger partial charge in [-0.3, -0.25) is 0 Å². The minimum Gasteiger partial charge on any atom is -0.367 e. The van der Waals surface area contributed by atoms with Crippen molar-refractivity contribution in [2.75, 3.05) is 26.2 Å². The Balaban J connectivity index is 2.10. The molecule has 0 radical (unpaired) electrons. The van der Waals surface area contributed by atoms with Crippen LogP contribution in [0.3, 0.4) is 0 Å². The Hall–Kier alpha value is -1.55. The molecule has 2 rings (SSSR count). The Labute approximate surface area is 121 Å². The molecule has 1 aromatic carbocycles. The van der Waals surface area contributed by atoms with E-state index in [0.717, 1.165) is 18.7 Å². The van der Waals surface area contributed by atoms with E-state index in [1.54, 1.807) is 0 Å². The zero-order chi connectivity index (χ0) is 14.5. The molecule has 0 bridgehead atoms. The minimum absolute atomic E-state index is 0.0283. The number of carbonyl (C=O) groups excluding carboxylic acids is 1. The Morgan fingerprint density at radius 2 is 1.90 bits per heavy atom. The standard InChI is InChI=1S/C16H24N2O2/c1-4-17(5-2)16(19)18-11-13(3)20-15(12-18)14-9-7-6-8-10-14/h6-10,13,15H,4-5,11-12H2,1-3H3. The first-order chi connectivity index (χ1) is 9.65. The first-order valence-electron chi connectivity index (χ1n) is 7.40. The SMILES string of the molecule is CCN(CC)C(=O)N1CC(C)OC(c2ccccc2)C1. The fourth-order valence-corrected chi connectivity index (χ4v) is 2.65. The summed E-state index contributed by atoms with van der Waals surface area (Å²) in [6, 6.07) is 10.2. The molecule has 2 unspecified atom stereocenters. The average Bonchev–Trinajstić information content (AvgIpc) is 2.48. The Morgan fingerprint density at radius 1 is 1.25 bits per heavy atom. The quantitative estimate of drug-likeness (QED) is 0.850. The molecule has 0 saturated carbocycles. The lowest BCUT2D eigenvalue weighted by Gasteiger charge is -2.39. The molecule has 0 N–H and O–H groups in total. The first-order valence-corrected chi connectivity index (χ1v) is 7.40. The van der Waals surface area contributed by atoms with Gasteiger partial charge in [0.2, 0.25) is 0 Å². The van der Waals surface area contributed by atoms with Crippen molar-refractivity contribution < 1.29 is 9.53 Å². The van der Waals surface area contributed by atoms with Crippen LogP contribution < -0.4 is 0 Å². The third-order valence-electron chi connectivity index (χ3n) is 3.74. The predicted octanol–water partition coefficient (Wildman–Crippen LogP) is 2.91. The van der Waals surface area contributed by atoms with Crippen LogP contribution in [0, 0.1) is 0 Å². The van der Waals surface area contributed by atoms with Gasteiger partial charge < -0.3 is 14.5 Å². The van der Waals surface area contributed by atoms with E-state index < -0.39 is 0 Å². The molecule has 110 valence electrons. The molecule has 0 aromatic heterocycles. The fourth-order valence-electron chi connectivity index (χ4n) is 2.65. The van der Waals surface area contributed by atoms with Crippen molar-refractivity contribution in [3.63, 3.8) is 0 Å². The van der Waals surface area contributed by atoms with Crippen LogP contribution in [0.2, 0.25) is 0 Å². The smallest absolute Gasteiger partial charge is 0.320 e. The second-order valence-corrected chi connectivity index (χ2v) is 5.21. The highest BCUT2D eigenvalue weighted by atomic mass is 16.5. The number of nitrogens with zero attached hydrogens (tertiary/aromatic N) is 2.